The summed E-state index contributed by atoms with van der Waals surface area (Å²) in [6, 6.07) is 9.82. The van der Waals surface area contributed by atoms with E-state index in [9.17, 15) is 9.18 Å². The van der Waals surface area contributed by atoms with Gasteiger partial charge < -0.3 is 4.57 Å². The van der Waals surface area contributed by atoms with Gasteiger partial charge in [-0.15, -0.1) is 23.1 Å². The monoisotopic (exact) mass is 446 g/mol. The van der Waals surface area contributed by atoms with E-state index in [0.717, 1.165) is 23.7 Å². The number of halogens is 1. The topological polar surface area (TPSA) is 34.9 Å². The number of rotatable bonds is 4. The Morgan fingerprint density at radius 3 is 2.54 bits per heavy atom. The van der Waals surface area contributed by atoms with Gasteiger partial charge in [0.25, 0.3) is 0 Å². The molecule has 0 bridgehead atoms. The lowest BCUT2D eigenvalue weighted by atomic mass is 9.86. The number of carbonyl (C=O) groups excluding carboxylic acids is 1. The van der Waals surface area contributed by atoms with Gasteiger partial charge in [0, 0.05) is 30.6 Å². The zero-order valence-corrected chi connectivity index (χ0v) is 18.3. The Bertz CT molecular complexity index is 1130. The Morgan fingerprint density at radius 2 is 1.89 bits per heavy atom. The van der Waals surface area contributed by atoms with Crippen LogP contribution in [0.15, 0.2) is 63.6 Å². The molecular weight excluding hydrogens is 431 g/mol. The van der Waals surface area contributed by atoms with E-state index < -0.39 is 0 Å². The Hall–Kier alpha value is -1.74. The minimum atomic E-state index is -0.300. The highest BCUT2D eigenvalue weighted by Crippen LogP contribution is 2.53. The molecule has 1 atom stereocenters. The lowest BCUT2D eigenvalue weighted by molar-refractivity contribution is 0.102. The molecule has 1 aliphatic rings. The minimum Gasteiger partial charge on any atom is -0.321 e. The maximum absolute atomic E-state index is 13.6. The van der Waals surface area contributed by atoms with Crippen LogP contribution in [0, 0.1) is 9.77 Å². The maximum atomic E-state index is 13.6. The molecule has 2 aromatic heterocycles. The SMILES string of the molecule is CSC1=C(C(=O)c2ccncc2)C(c2ccc(F)cc2)c2sc(=S)n(C)c2S1. The van der Waals surface area contributed by atoms with Crippen LogP contribution < -0.4 is 0 Å². The molecule has 0 amide bonds. The first kappa shape index (κ1) is 19.6. The molecule has 3 heterocycles. The lowest BCUT2D eigenvalue weighted by Crippen LogP contribution is -2.18. The van der Waals surface area contributed by atoms with Crippen molar-refractivity contribution in [2.45, 2.75) is 10.9 Å². The van der Waals surface area contributed by atoms with Crippen molar-refractivity contribution in [3.8, 4) is 0 Å². The molecule has 3 aromatic rings. The van der Waals surface area contributed by atoms with Crippen molar-refractivity contribution in [2.24, 2.45) is 7.05 Å². The van der Waals surface area contributed by atoms with E-state index in [1.54, 1.807) is 60.2 Å². The molecule has 0 spiro atoms. The van der Waals surface area contributed by atoms with Crippen LogP contribution in [-0.4, -0.2) is 21.6 Å². The number of ketones is 1. The van der Waals surface area contributed by atoms with Gasteiger partial charge in [0.05, 0.1) is 20.1 Å². The molecule has 0 radical (unpaired) electrons. The van der Waals surface area contributed by atoms with E-state index >= 15 is 0 Å². The first-order valence-electron chi connectivity index (χ1n) is 8.37. The summed E-state index contributed by atoms with van der Waals surface area (Å²) < 4.78 is 17.2. The number of thioether (sulfide) groups is 2. The summed E-state index contributed by atoms with van der Waals surface area (Å²) in [6.07, 6.45) is 5.20. The first-order chi connectivity index (χ1) is 13.5. The van der Waals surface area contributed by atoms with Gasteiger partial charge in [0.15, 0.2) is 9.74 Å². The van der Waals surface area contributed by atoms with Crippen molar-refractivity contribution in [3.63, 3.8) is 0 Å². The summed E-state index contributed by atoms with van der Waals surface area (Å²) in [5.41, 5.74) is 2.18. The smallest absolute Gasteiger partial charge is 0.191 e. The summed E-state index contributed by atoms with van der Waals surface area (Å²) in [4.78, 5) is 18.5. The standard InChI is InChI=1S/C20H15FN2OS4/c1-23-18-17(27-20(23)25)14(11-3-5-13(21)6-4-11)15(19(26-2)28-18)16(24)12-7-9-22-10-8-12/h3-10,14H,1-2H3. The van der Waals surface area contributed by atoms with Crippen molar-refractivity contribution in [1.29, 1.82) is 0 Å². The number of Topliss-reactive ketones (excluding diaryl/α,β-unsaturated/α-hetero) is 1. The Kier molecular flexibility index (Phi) is 5.55. The summed E-state index contributed by atoms with van der Waals surface area (Å²) in [6.45, 7) is 0. The van der Waals surface area contributed by atoms with E-state index in [2.05, 4.69) is 4.98 Å². The zero-order chi connectivity index (χ0) is 19.8. The zero-order valence-electron chi connectivity index (χ0n) is 15.0. The molecular formula is C20H15FN2OS4. The summed E-state index contributed by atoms with van der Waals surface area (Å²) >= 11 is 10.1. The number of nitrogens with zero attached hydrogens (tertiary/aromatic N) is 2. The van der Waals surface area contributed by atoms with Crippen molar-refractivity contribution in [3.05, 3.63) is 84.4 Å². The number of hydrogen-bond acceptors (Lipinski definition) is 6. The van der Waals surface area contributed by atoms with Crippen LogP contribution in [0.3, 0.4) is 0 Å². The third-order valence-corrected chi connectivity index (χ3v) is 8.71. The average Bonchev–Trinajstić information content (AvgIpc) is 3.01. The number of hydrogen-bond donors (Lipinski definition) is 0. The highest BCUT2D eigenvalue weighted by atomic mass is 32.2. The normalized spacial score (nSPS) is 16.2. The quantitative estimate of drug-likeness (QED) is 0.360. The summed E-state index contributed by atoms with van der Waals surface area (Å²) in [5.74, 6) is -0.625. The van der Waals surface area contributed by atoms with Crippen LogP contribution in [0.1, 0.15) is 26.7 Å². The van der Waals surface area contributed by atoms with Crippen LogP contribution in [0.5, 0.6) is 0 Å². The molecule has 3 nitrogen and oxygen atoms in total. The Morgan fingerprint density at radius 1 is 1.21 bits per heavy atom. The number of benzene rings is 1. The summed E-state index contributed by atoms with van der Waals surface area (Å²) in [7, 11) is 1.94. The molecule has 8 heteroatoms. The van der Waals surface area contributed by atoms with Gasteiger partial charge in [-0.05, 0) is 48.3 Å². The molecule has 0 N–H and O–H groups in total. The van der Waals surface area contributed by atoms with Gasteiger partial charge in [-0.3, -0.25) is 9.78 Å². The highest BCUT2D eigenvalue weighted by Gasteiger charge is 2.36. The van der Waals surface area contributed by atoms with Crippen LogP contribution in [0.25, 0.3) is 0 Å². The highest BCUT2D eigenvalue weighted by molar-refractivity contribution is 8.22. The molecule has 0 fully saturated rings. The fourth-order valence-electron chi connectivity index (χ4n) is 3.15. The maximum Gasteiger partial charge on any atom is 0.191 e. The lowest BCUT2D eigenvalue weighted by Gasteiger charge is -2.27. The van der Waals surface area contributed by atoms with Crippen molar-refractivity contribution in [2.75, 3.05) is 6.26 Å². The third kappa shape index (κ3) is 3.39. The van der Waals surface area contributed by atoms with E-state index in [4.69, 9.17) is 12.2 Å². The number of fused-ring (bicyclic) bond motifs is 1. The van der Waals surface area contributed by atoms with Crippen molar-refractivity contribution in [1.82, 2.24) is 9.55 Å². The molecule has 4 rings (SSSR count). The van der Waals surface area contributed by atoms with Gasteiger partial charge in [-0.2, -0.15) is 0 Å². The first-order valence-corrected chi connectivity index (χ1v) is 11.6. The molecule has 0 saturated heterocycles. The Balaban J connectivity index is 1.96. The number of carbonyl (C=O) groups is 1. The molecule has 0 aliphatic carbocycles. The molecule has 28 heavy (non-hydrogen) atoms. The van der Waals surface area contributed by atoms with Gasteiger partial charge >= 0.3 is 0 Å². The number of aromatic nitrogens is 2. The van der Waals surface area contributed by atoms with E-state index in [0.29, 0.717) is 11.1 Å². The van der Waals surface area contributed by atoms with Crippen molar-refractivity contribution >= 4 is 52.9 Å². The van der Waals surface area contributed by atoms with E-state index in [-0.39, 0.29) is 17.5 Å². The largest absolute Gasteiger partial charge is 0.321 e. The Labute approximate surface area is 179 Å². The predicted octanol–water partition coefficient (Wildman–Crippen LogP) is 6.05. The second-order valence-corrected chi connectivity index (χ2v) is 9.90. The van der Waals surface area contributed by atoms with Crippen molar-refractivity contribution < 1.29 is 9.18 Å². The fraction of sp³-hybridized carbons (Fsp3) is 0.150. The van der Waals surface area contributed by atoms with Crippen LogP contribution in [-0.2, 0) is 7.05 Å². The van der Waals surface area contributed by atoms with Crippen LogP contribution in [0.4, 0.5) is 4.39 Å². The van der Waals surface area contributed by atoms with Gasteiger partial charge in [-0.25, -0.2) is 4.39 Å². The van der Waals surface area contributed by atoms with Crippen LogP contribution >= 0.6 is 47.1 Å². The number of pyridine rings is 1. The average molecular weight is 447 g/mol. The van der Waals surface area contributed by atoms with Gasteiger partial charge in [0.2, 0.25) is 0 Å². The van der Waals surface area contributed by atoms with E-state index in [1.807, 2.05) is 17.9 Å². The molecule has 0 saturated carbocycles. The summed E-state index contributed by atoms with van der Waals surface area (Å²) in [5, 5.41) is 1.04. The second kappa shape index (κ2) is 7.94. The second-order valence-electron chi connectivity index (χ2n) is 6.15. The van der Waals surface area contributed by atoms with Gasteiger partial charge in [0.1, 0.15) is 5.82 Å². The molecule has 1 aliphatic heterocycles. The minimum absolute atomic E-state index is 0.0406. The predicted molar refractivity (Wildman–Crippen MR) is 117 cm³/mol. The number of thiazole rings is 1. The van der Waals surface area contributed by atoms with E-state index in [1.165, 1.54) is 23.5 Å². The molecule has 1 aromatic carbocycles. The third-order valence-electron chi connectivity index (χ3n) is 4.52. The number of allylic oxidation sites excluding steroid dienone is 1. The van der Waals surface area contributed by atoms with Gasteiger partial charge in [-0.1, -0.05) is 23.9 Å². The van der Waals surface area contributed by atoms with Crippen LogP contribution in [0.2, 0.25) is 0 Å². The molecule has 1 unspecified atom stereocenters. The molecule has 142 valence electrons. The fourth-order valence-corrected chi connectivity index (χ4v) is 6.84.